The second-order valence-electron chi connectivity index (χ2n) is 4.73. The summed E-state index contributed by atoms with van der Waals surface area (Å²) in [5, 5.41) is 7.27. The second-order valence-corrected chi connectivity index (χ2v) is 4.73. The quantitative estimate of drug-likeness (QED) is 0.812. The number of nitrogens with one attached hydrogen (secondary N) is 1. The minimum absolute atomic E-state index is 0.212. The zero-order valence-corrected chi connectivity index (χ0v) is 12.5. The van der Waals surface area contributed by atoms with Gasteiger partial charge in [0.2, 0.25) is 0 Å². The van der Waals surface area contributed by atoms with Gasteiger partial charge in [-0.15, -0.1) is 0 Å². The Balaban J connectivity index is 1.98. The normalized spacial score (nSPS) is 10.8. The van der Waals surface area contributed by atoms with Crippen LogP contribution in [0.4, 0.5) is 4.39 Å². The Labute approximate surface area is 124 Å². The predicted octanol–water partition coefficient (Wildman–Crippen LogP) is 2.52. The van der Waals surface area contributed by atoms with E-state index in [4.69, 9.17) is 4.74 Å². The Morgan fingerprint density at radius 2 is 2.19 bits per heavy atom. The van der Waals surface area contributed by atoms with Gasteiger partial charge in [-0.1, -0.05) is 19.9 Å². The van der Waals surface area contributed by atoms with E-state index in [9.17, 15) is 4.39 Å². The third-order valence-corrected chi connectivity index (χ3v) is 3.06. The minimum Gasteiger partial charge on any atom is -0.483 e. The highest BCUT2D eigenvalue weighted by Gasteiger charge is 2.08. The minimum atomic E-state index is -0.355. The Morgan fingerprint density at radius 3 is 2.90 bits per heavy atom. The van der Waals surface area contributed by atoms with Crippen molar-refractivity contribution < 1.29 is 9.13 Å². The molecule has 114 valence electrons. The highest BCUT2D eigenvalue weighted by Crippen LogP contribution is 2.19. The molecule has 0 spiro atoms. The van der Waals surface area contributed by atoms with Gasteiger partial charge < -0.3 is 10.1 Å². The fraction of sp³-hybridized carbons (Fsp3) is 0.467. The molecule has 21 heavy (non-hydrogen) atoms. The third kappa shape index (κ3) is 4.26. The highest BCUT2D eigenvalue weighted by atomic mass is 19.1. The van der Waals surface area contributed by atoms with E-state index in [2.05, 4.69) is 22.3 Å². The maximum Gasteiger partial charge on any atom is 0.165 e. The molecule has 2 rings (SSSR count). The van der Waals surface area contributed by atoms with E-state index < -0.39 is 0 Å². The number of aromatic nitrogens is 3. The first-order valence-corrected chi connectivity index (χ1v) is 7.23. The van der Waals surface area contributed by atoms with Crippen molar-refractivity contribution in [2.45, 2.75) is 40.0 Å². The van der Waals surface area contributed by atoms with Crippen LogP contribution in [0.2, 0.25) is 0 Å². The van der Waals surface area contributed by atoms with E-state index >= 15 is 0 Å². The molecule has 1 aromatic heterocycles. The molecule has 0 radical (unpaired) electrons. The van der Waals surface area contributed by atoms with E-state index in [-0.39, 0.29) is 18.2 Å². The van der Waals surface area contributed by atoms with Gasteiger partial charge in [0.1, 0.15) is 12.9 Å². The van der Waals surface area contributed by atoms with E-state index in [0.717, 1.165) is 25.1 Å². The smallest absolute Gasteiger partial charge is 0.165 e. The van der Waals surface area contributed by atoms with Crippen LogP contribution in [-0.2, 0) is 19.7 Å². The lowest BCUT2D eigenvalue weighted by atomic mass is 10.2. The van der Waals surface area contributed by atoms with Crippen LogP contribution in [0.3, 0.4) is 0 Å². The van der Waals surface area contributed by atoms with Crippen LogP contribution in [0.15, 0.2) is 24.5 Å². The van der Waals surface area contributed by atoms with Gasteiger partial charge in [-0.25, -0.2) is 14.1 Å². The van der Waals surface area contributed by atoms with Crippen molar-refractivity contribution in [3.8, 4) is 5.75 Å². The standard InChI is InChI=1S/C15H21FN4O/c1-3-7-20-15(18-11-19-20)10-21-14-6-5-12(8-13(14)16)9-17-4-2/h5-6,8,11,17H,3-4,7,9-10H2,1-2H3. The number of rotatable bonds is 8. The van der Waals surface area contributed by atoms with Crippen LogP contribution in [0.1, 0.15) is 31.7 Å². The largest absolute Gasteiger partial charge is 0.483 e. The van der Waals surface area contributed by atoms with Gasteiger partial charge in [0, 0.05) is 13.1 Å². The van der Waals surface area contributed by atoms with Crippen LogP contribution in [-0.4, -0.2) is 21.3 Å². The molecule has 0 fully saturated rings. The summed E-state index contributed by atoms with van der Waals surface area (Å²) in [6.45, 7) is 6.58. The summed E-state index contributed by atoms with van der Waals surface area (Å²) in [5.41, 5.74) is 0.899. The number of aryl methyl sites for hydroxylation is 1. The molecular weight excluding hydrogens is 271 g/mol. The summed E-state index contributed by atoms with van der Waals surface area (Å²) >= 11 is 0. The summed E-state index contributed by atoms with van der Waals surface area (Å²) in [4.78, 5) is 4.13. The zero-order chi connectivity index (χ0) is 15.1. The SMILES string of the molecule is CCCn1ncnc1COc1ccc(CNCC)cc1F. The van der Waals surface area contributed by atoms with Gasteiger partial charge in [-0.2, -0.15) is 5.10 Å². The zero-order valence-electron chi connectivity index (χ0n) is 12.5. The lowest BCUT2D eigenvalue weighted by molar-refractivity contribution is 0.272. The number of hydrogen-bond acceptors (Lipinski definition) is 4. The average Bonchev–Trinajstić information content (AvgIpc) is 2.92. The summed E-state index contributed by atoms with van der Waals surface area (Å²) < 4.78 is 21.2. The van der Waals surface area contributed by atoms with Gasteiger partial charge in [0.25, 0.3) is 0 Å². The summed E-state index contributed by atoms with van der Waals surface area (Å²) in [6.07, 6.45) is 2.45. The van der Waals surface area contributed by atoms with Gasteiger partial charge in [-0.05, 0) is 30.7 Å². The van der Waals surface area contributed by atoms with Crippen LogP contribution >= 0.6 is 0 Å². The van der Waals surface area contributed by atoms with Crippen LogP contribution < -0.4 is 10.1 Å². The molecule has 5 nitrogen and oxygen atoms in total. The first-order chi connectivity index (χ1) is 10.2. The van der Waals surface area contributed by atoms with E-state index in [1.165, 1.54) is 12.4 Å². The Morgan fingerprint density at radius 1 is 1.33 bits per heavy atom. The lowest BCUT2D eigenvalue weighted by Gasteiger charge is -2.09. The molecule has 0 atom stereocenters. The van der Waals surface area contributed by atoms with Crippen LogP contribution in [0.25, 0.3) is 0 Å². The van der Waals surface area contributed by atoms with Crippen molar-refractivity contribution >= 4 is 0 Å². The molecule has 0 bridgehead atoms. The van der Waals surface area contributed by atoms with Gasteiger partial charge in [0.15, 0.2) is 17.4 Å². The topological polar surface area (TPSA) is 52.0 Å². The number of ether oxygens (including phenoxy) is 1. The van der Waals surface area contributed by atoms with Crippen LogP contribution in [0.5, 0.6) is 5.75 Å². The van der Waals surface area contributed by atoms with E-state index in [1.54, 1.807) is 10.7 Å². The van der Waals surface area contributed by atoms with Crippen molar-refractivity contribution in [3.63, 3.8) is 0 Å². The van der Waals surface area contributed by atoms with Gasteiger partial charge in [0.05, 0.1) is 0 Å². The van der Waals surface area contributed by atoms with E-state index in [0.29, 0.717) is 12.4 Å². The highest BCUT2D eigenvalue weighted by molar-refractivity contribution is 5.29. The summed E-state index contributed by atoms with van der Waals surface area (Å²) in [7, 11) is 0. The average molecular weight is 292 g/mol. The first kappa shape index (κ1) is 15.4. The monoisotopic (exact) mass is 292 g/mol. The third-order valence-electron chi connectivity index (χ3n) is 3.06. The molecule has 0 unspecified atom stereocenters. The van der Waals surface area contributed by atoms with Crippen LogP contribution in [0, 0.1) is 5.82 Å². The fourth-order valence-electron chi connectivity index (χ4n) is 1.98. The van der Waals surface area contributed by atoms with Gasteiger partial charge >= 0.3 is 0 Å². The summed E-state index contributed by atoms with van der Waals surface area (Å²) in [6, 6.07) is 5.01. The molecule has 2 aromatic rings. The number of nitrogens with zero attached hydrogens (tertiary/aromatic N) is 3. The second kappa shape index (κ2) is 7.73. The van der Waals surface area contributed by atoms with Crippen molar-refractivity contribution in [2.24, 2.45) is 0 Å². The van der Waals surface area contributed by atoms with E-state index in [1.807, 2.05) is 13.0 Å². The van der Waals surface area contributed by atoms with Crippen molar-refractivity contribution in [1.82, 2.24) is 20.1 Å². The number of hydrogen-bond donors (Lipinski definition) is 1. The lowest BCUT2D eigenvalue weighted by Crippen LogP contribution is -2.12. The molecule has 0 aliphatic carbocycles. The Hall–Kier alpha value is -1.95. The molecule has 0 aliphatic rings. The van der Waals surface area contributed by atoms with Crippen molar-refractivity contribution in [3.05, 3.63) is 41.7 Å². The Kier molecular flexibility index (Phi) is 5.68. The number of benzene rings is 1. The molecule has 0 aliphatic heterocycles. The summed E-state index contributed by atoms with van der Waals surface area (Å²) in [5.74, 6) is 0.584. The molecule has 1 heterocycles. The molecule has 0 amide bonds. The molecule has 1 aromatic carbocycles. The molecule has 0 saturated carbocycles. The molecule has 0 saturated heterocycles. The maximum absolute atomic E-state index is 14.0. The predicted molar refractivity (Wildman–Crippen MR) is 78.4 cm³/mol. The first-order valence-electron chi connectivity index (χ1n) is 7.23. The number of halogens is 1. The maximum atomic E-state index is 14.0. The molecular formula is C15H21FN4O. The molecule has 6 heteroatoms. The van der Waals surface area contributed by atoms with Crippen molar-refractivity contribution in [1.29, 1.82) is 0 Å². The van der Waals surface area contributed by atoms with Gasteiger partial charge in [-0.3, -0.25) is 0 Å². The molecule has 1 N–H and O–H groups in total. The Bertz CT molecular complexity index is 571. The fourth-order valence-corrected chi connectivity index (χ4v) is 1.98. The van der Waals surface area contributed by atoms with Crippen molar-refractivity contribution in [2.75, 3.05) is 6.54 Å².